The van der Waals surface area contributed by atoms with E-state index < -0.39 is 12.2 Å². The molecule has 1 aliphatic heterocycles. The zero-order valence-electron chi connectivity index (χ0n) is 6.49. The highest BCUT2D eigenvalue weighted by Gasteiger charge is 2.30. The molecule has 60 valence electrons. The van der Waals surface area contributed by atoms with Gasteiger partial charge in [0.2, 0.25) is 0 Å². The van der Waals surface area contributed by atoms with Gasteiger partial charge in [-0.25, -0.2) is 0 Å². The maximum absolute atomic E-state index is 9.13. The summed E-state index contributed by atoms with van der Waals surface area (Å²) in [5.41, 5.74) is 0. The fourth-order valence-corrected chi connectivity index (χ4v) is 1.22. The summed E-state index contributed by atoms with van der Waals surface area (Å²) in [6.45, 7) is 5.34. The third-order valence-corrected chi connectivity index (χ3v) is 2.02. The van der Waals surface area contributed by atoms with Crippen molar-refractivity contribution in [1.82, 2.24) is 4.90 Å². The molecule has 2 N–H and O–H groups in total. The quantitative estimate of drug-likeness (QED) is 0.519. The third kappa shape index (κ3) is 1.48. The number of hydrogen-bond acceptors (Lipinski definition) is 3. The minimum atomic E-state index is -0.539. The minimum absolute atomic E-state index is 0.423. The van der Waals surface area contributed by atoms with Crippen LogP contribution in [0.5, 0.6) is 0 Å². The molecule has 0 aliphatic carbocycles. The summed E-state index contributed by atoms with van der Waals surface area (Å²) in [7, 11) is 0. The van der Waals surface area contributed by atoms with E-state index in [4.69, 9.17) is 10.2 Å². The number of nitrogens with zero attached hydrogens (tertiary/aromatic N) is 1. The predicted octanol–water partition coefficient (Wildman–Crippen LogP) is -0.568. The second-order valence-electron chi connectivity index (χ2n) is 3.18. The zero-order valence-corrected chi connectivity index (χ0v) is 6.49. The van der Waals surface area contributed by atoms with Gasteiger partial charge in [-0.2, -0.15) is 0 Å². The van der Waals surface area contributed by atoms with Gasteiger partial charge in [0.05, 0.1) is 12.2 Å². The molecule has 0 bridgehead atoms. The standard InChI is InChI=1S/C7H15NO2/c1-5(2)8-3-6(9)7(10)4-8/h5-7,9-10H,3-4H2,1-2H3/t6-,7?/m1/s1. The molecular formula is C7H15NO2. The Balaban J connectivity index is 2.41. The van der Waals surface area contributed by atoms with Crippen LogP contribution in [0.2, 0.25) is 0 Å². The van der Waals surface area contributed by atoms with Crippen LogP contribution >= 0.6 is 0 Å². The Labute approximate surface area is 61.3 Å². The molecule has 0 radical (unpaired) electrons. The maximum atomic E-state index is 9.13. The highest BCUT2D eigenvalue weighted by atomic mass is 16.3. The summed E-state index contributed by atoms with van der Waals surface area (Å²) in [6.07, 6.45) is -1.08. The van der Waals surface area contributed by atoms with Crippen LogP contribution in [0.15, 0.2) is 0 Å². The highest BCUT2D eigenvalue weighted by Crippen LogP contribution is 2.12. The van der Waals surface area contributed by atoms with E-state index in [0.29, 0.717) is 19.1 Å². The van der Waals surface area contributed by atoms with Crippen molar-refractivity contribution in [3.05, 3.63) is 0 Å². The Kier molecular flexibility index (Phi) is 2.28. The van der Waals surface area contributed by atoms with Crippen molar-refractivity contribution in [1.29, 1.82) is 0 Å². The van der Waals surface area contributed by atoms with Crippen LogP contribution in [0.25, 0.3) is 0 Å². The van der Waals surface area contributed by atoms with Crippen molar-refractivity contribution in [3.63, 3.8) is 0 Å². The van der Waals surface area contributed by atoms with Gasteiger partial charge in [-0.05, 0) is 13.8 Å². The average molecular weight is 145 g/mol. The summed E-state index contributed by atoms with van der Waals surface area (Å²) in [6, 6.07) is 0.423. The van der Waals surface area contributed by atoms with Crippen LogP contribution in [0.1, 0.15) is 13.8 Å². The summed E-state index contributed by atoms with van der Waals surface area (Å²) < 4.78 is 0. The van der Waals surface area contributed by atoms with Gasteiger partial charge in [0.1, 0.15) is 0 Å². The van der Waals surface area contributed by atoms with Crippen molar-refractivity contribution in [2.75, 3.05) is 13.1 Å². The van der Waals surface area contributed by atoms with Crippen molar-refractivity contribution in [2.24, 2.45) is 0 Å². The van der Waals surface area contributed by atoms with Crippen LogP contribution in [0.3, 0.4) is 0 Å². The molecule has 0 spiro atoms. The third-order valence-electron chi connectivity index (χ3n) is 2.02. The van der Waals surface area contributed by atoms with Crippen LogP contribution in [-0.2, 0) is 0 Å². The second-order valence-corrected chi connectivity index (χ2v) is 3.18. The molecule has 1 rings (SSSR count). The fourth-order valence-electron chi connectivity index (χ4n) is 1.22. The van der Waals surface area contributed by atoms with E-state index >= 15 is 0 Å². The SMILES string of the molecule is CC(C)N1CC(O)[C@H](O)C1. The summed E-state index contributed by atoms with van der Waals surface area (Å²) in [5.74, 6) is 0. The normalized spacial score (nSPS) is 35.7. The van der Waals surface area contributed by atoms with Crippen molar-refractivity contribution >= 4 is 0 Å². The van der Waals surface area contributed by atoms with Crippen LogP contribution in [0, 0.1) is 0 Å². The van der Waals surface area contributed by atoms with Crippen LogP contribution in [-0.4, -0.2) is 46.5 Å². The Bertz CT molecular complexity index is 106. The lowest BCUT2D eigenvalue weighted by Crippen LogP contribution is -2.29. The molecule has 1 saturated heterocycles. The van der Waals surface area contributed by atoms with Gasteiger partial charge in [-0.15, -0.1) is 0 Å². The van der Waals surface area contributed by atoms with Crippen LogP contribution < -0.4 is 0 Å². The smallest absolute Gasteiger partial charge is 0.0938 e. The number of aliphatic hydroxyl groups excluding tert-OH is 2. The highest BCUT2D eigenvalue weighted by molar-refractivity contribution is 4.84. The molecule has 0 aromatic carbocycles. The molecule has 2 atom stereocenters. The molecule has 3 heteroatoms. The molecular weight excluding hydrogens is 130 g/mol. The number of rotatable bonds is 1. The van der Waals surface area contributed by atoms with Gasteiger partial charge >= 0.3 is 0 Å². The van der Waals surface area contributed by atoms with E-state index in [-0.39, 0.29) is 0 Å². The fraction of sp³-hybridized carbons (Fsp3) is 1.00. The predicted molar refractivity (Wildman–Crippen MR) is 38.7 cm³/mol. The van der Waals surface area contributed by atoms with Gasteiger partial charge in [-0.1, -0.05) is 0 Å². The minimum Gasteiger partial charge on any atom is -0.389 e. The molecule has 1 aliphatic rings. The Morgan fingerprint density at radius 1 is 1.20 bits per heavy atom. The Morgan fingerprint density at radius 2 is 1.60 bits per heavy atom. The molecule has 0 aromatic heterocycles. The van der Waals surface area contributed by atoms with Crippen molar-refractivity contribution < 1.29 is 10.2 Å². The molecule has 3 nitrogen and oxygen atoms in total. The molecule has 1 heterocycles. The van der Waals surface area contributed by atoms with E-state index in [1.54, 1.807) is 0 Å². The Morgan fingerprint density at radius 3 is 1.80 bits per heavy atom. The topological polar surface area (TPSA) is 43.7 Å². The van der Waals surface area contributed by atoms with Crippen molar-refractivity contribution in [3.8, 4) is 0 Å². The lowest BCUT2D eigenvalue weighted by Gasteiger charge is -2.18. The number of hydrogen-bond donors (Lipinski definition) is 2. The Hall–Kier alpha value is -0.120. The molecule has 0 saturated carbocycles. The number of aliphatic hydroxyl groups is 2. The van der Waals surface area contributed by atoms with E-state index in [1.807, 2.05) is 0 Å². The first-order valence-corrected chi connectivity index (χ1v) is 3.71. The monoisotopic (exact) mass is 145 g/mol. The first-order valence-electron chi connectivity index (χ1n) is 3.71. The molecule has 10 heavy (non-hydrogen) atoms. The second kappa shape index (κ2) is 2.86. The first kappa shape index (κ1) is 7.98. The average Bonchev–Trinajstić information content (AvgIpc) is 2.13. The van der Waals surface area contributed by atoms with Gasteiger partial charge in [0.15, 0.2) is 0 Å². The van der Waals surface area contributed by atoms with Gasteiger partial charge in [0, 0.05) is 19.1 Å². The molecule has 1 fully saturated rings. The molecule has 0 aromatic rings. The van der Waals surface area contributed by atoms with E-state index in [2.05, 4.69) is 18.7 Å². The molecule has 1 unspecified atom stereocenters. The van der Waals surface area contributed by atoms with E-state index in [9.17, 15) is 0 Å². The number of likely N-dealkylation sites (tertiary alicyclic amines) is 1. The maximum Gasteiger partial charge on any atom is 0.0938 e. The summed E-state index contributed by atoms with van der Waals surface area (Å²) >= 11 is 0. The van der Waals surface area contributed by atoms with Gasteiger partial charge < -0.3 is 10.2 Å². The first-order chi connectivity index (χ1) is 4.61. The lowest BCUT2D eigenvalue weighted by atomic mass is 10.3. The largest absolute Gasteiger partial charge is 0.389 e. The van der Waals surface area contributed by atoms with Gasteiger partial charge in [-0.3, -0.25) is 4.90 Å². The number of β-amino-alcohol motifs (C(OH)–C–C–N with tert-alkyl or cyclic N) is 2. The summed E-state index contributed by atoms with van der Waals surface area (Å²) in [5, 5.41) is 18.3. The van der Waals surface area contributed by atoms with Gasteiger partial charge in [0.25, 0.3) is 0 Å². The van der Waals surface area contributed by atoms with Crippen LogP contribution in [0.4, 0.5) is 0 Å². The summed E-state index contributed by atoms with van der Waals surface area (Å²) in [4.78, 5) is 2.06. The van der Waals surface area contributed by atoms with E-state index in [0.717, 1.165) is 0 Å². The molecule has 0 amide bonds. The zero-order chi connectivity index (χ0) is 7.72. The van der Waals surface area contributed by atoms with E-state index in [1.165, 1.54) is 0 Å². The lowest BCUT2D eigenvalue weighted by molar-refractivity contribution is 0.0572. The van der Waals surface area contributed by atoms with Crippen molar-refractivity contribution in [2.45, 2.75) is 32.1 Å².